The average molecular weight is 381 g/mol. The average Bonchev–Trinajstić information content (AvgIpc) is 3.40. The lowest BCUT2D eigenvalue weighted by Gasteiger charge is -2.39. The number of piperidine rings is 1. The number of carbonyl (C=O) groups excluding carboxylic acids is 1. The number of aromatic nitrogens is 4. The van der Waals surface area contributed by atoms with Crippen LogP contribution in [0.4, 0.5) is 0 Å². The molecule has 1 saturated carbocycles. The van der Waals surface area contributed by atoms with E-state index in [1.54, 1.807) is 0 Å². The fourth-order valence-corrected chi connectivity index (χ4v) is 4.90. The van der Waals surface area contributed by atoms with Gasteiger partial charge < -0.3 is 9.88 Å². The van der Waals surface area contributed by atoms with Crippen LogP contribution in [-0.4, -0.2) is 43.6 Å². The third kappa shape index (κ3) is 2.71. The second-order valence-electron chi connectivity index (χ2n) is 8.61. The van der Waals surface area contributed by atoms with Crippen LogP contribution < -0.4 is 5.56 Å². The smallest absolute Gasteiger partial charge is 0.257 e. The Kier molecular flexibility index (Phi) is 3.96. The molecule has 1 N–H and O–H groups in total. The predicted octanol–water partition coefficient (Wildman–Crippen LogP) is 2.29. The first-order chi connectivity index (χ1) is 13.5. The van der Waals surface area contributed by atoms with Gasteiger partial charge in [0.1, 0.15) is 5.82 Å². The molecule has 5 rings (SSSR count). The Hall–Kier alpha value is -2.44. The number of fused-ring (bicyclic) bond motifs is 2. The monoisotopic (exact) mass is 381 g/mol. The zero-order chi connectivity index (χ0) is 19.5. The first-order valence-electron chi connectivity index (χ1n) is 10.5. The zero-order valence-electron chi connectivity index (χ0n) is 16.6. The molecule has 0 radical (unpaired) electrons. The van der Waals surface area contributed by atoms with Gasteiger partial charge in [0.25, 0.3) is 11.5 Å². The molecule has 0 unspecified atom stereocenters. The number of rotatable bonds is 3. The number of hydrogen-bond acceptors (Lipinski definition) is 4. The van der Waals surface area contributed by atoms with E-state index in [-0.39, 0.29) is 16.9 Å². The van der Waals surface area contributed by atoms with E-state index in [9.17, 15) is 9.59 Å². The Balaban J connectivity index is 1.37. The second kappa shape index (κ2) is 6.29. The van der Waals surface area contributed by atoms with Crippen molar-refractivity contribution in [3.8, 4) is 0 Å². The summed E-state index contributed by atoms with van der Waals surface area (Å²) in [6, 6.07) is 0. The van der Waals surface area contributed by atoms with Gasteiger partial charge in [0.2, 0.25) is 0 Å². The summed E-state index contributed by atoms with van der Waals surface area (Å²) in [6.07, 6.45) is 7.65. The molecule has 0 aromatic carbocycles. The minimum atomic E-state index is -0.0351. The van der Waals surface area contributed by atoms with Gasteiger partial charge >= 0.3 is 0 Å². The maximum absolute atomic E-state index is 13.0. The van der Waals surface area contributed by atoms with E-state index < -0.39 is 0 Å². The maximum Gasteiger partial charge on any atom is 0.257 e. The van der Waals surface area contributed by atoms with Crippen LogP contribution in [0.1, 0.15) is 78.1 Å². The van der Waals surface area contributed by atoms with Crippen molar-refractivity contribution in [1.82, 2.24) is 24.6 Å². The first-order valence-corrected chi connectivity index (χ1v) is 10.5. The van der Waals surface area contributed by atoms with Gasteiger partial charge in [-0.2, -0.15) is 5.10 Å². The van der Waals surface area contributed by atoms with Crippen LogP contribution in [0.3, 0.4) is 0 Å². The van der Waals surface area contributed by atoms with E-state index in [0.717, 1.165) is 67.8 Å². The minimum absolute atomic E-state index is 0.0351. The summed E-state index contributed by atoms with van der Waals surface area (Å²) in [7, 11) is 0. The molecule has 7 nitrogen and oxygen atoms in total. The van der Waals surface area contributed by atoms with Crippen LogP contribution >= 0.6 is 0 Å². The zero-order valence-corrected chi connectivity index (χ0v) is 16.6. The molecule has 1 aliphatic heterocycles. The van der Waals surface area contributed by atoms with Crippen LogP contribution in [0.25, 0.3) is 0 Å². The SMILES string of the molecule is CCn1cc(C(=O)N2CCC3(CCc4c3nc(C3CC3)[nH]c4=O)CC2)c(C)n1. The van der Waals surface area contributed by atoms with Crippen molar-refractivity contribution in [3.63, 3.8) is 0 Å². The largest absolute Gasteiger partial charge is 0.338 e. The summed E-state index contributed by atoms with van der Waals surface area (Å²) in [5.41, 5.74) is 3.43. The molecule has 1 amide bonds. The van der Waals surface area contributed by atoms with Crippen LogP contribution in [0.5, 0.6) is 0 Å². The number of aromatic amines is 1. The summed E-state index contributed by atoms with van der Waals surface area (Å²) in [5, 5.41) is 4.41. The highest BCUT2D eigenvalue weighted by molar-refractivity contribution is 5.95. The molecule has 2 aromatic rings. The van der Waals surface area contributed by atoms with Crippen LogP contribution in [-0.2, 0) is 18.4 Å². The number of amides is 1. The van der Waals surface area contributed by atoms with E-state index in [0.29, 0.717) is 24.6 Å². The fraction of sp³-hybridized carbons (Fsp3) is 0.619. The second-order valence-corrected chi connectivity index (χ2v) is 8.61. The number of nitrogens with zero attached hydrogens (tertiary/aromatic N) is 4. The predicted molar refractivity (Wildman–Crippen MR) is 105 cm³/mol. The first kappa shape index (κ1) is 17.6. The van der Waals surface area contributed by atoms with Crippen molar-refractivity contribution in [1.29, 1.82) is 0 Å². The molecule has 3 aliphatic rings. The van der Waals surface area contributed by atoms with Crippen molar-refractivity contribution in [2.45, 2.75) is 70.3 Å². The molecule has 1 saturated heterocycles. The molecule has 2 aliphatic carbocycles. The van der Waals surface area contributed by atoms with Gasteiger partial charge in [-0.15, -0.1) is 0 Å². The number of hydrogen-bond donors (Lipinski definition) is 1. The summed E-state index contributed by atoms with van der Waals surface area (Å²) in [6.45, 7) is 6.10. The summed E-state index contributed by atoms with van der Waals surface area (Å²) in [4.78, 5) is 35.5. The fourth-order valence-electron chi connectivity index (χ4n) is 4.90. The normalized spacial score (nSPS) is 20.6. The molecule has 28 heavy (non-hydrogen) atoms. The van der Waals surface area contributed by atoms with Gasteiger partial charge in [-0.25, -0.2) is 4.98 Å². The van der Waals surface area contributed by atoms with Crippen molar-refractivity contribution in [2.24, 2.45) is 0 Å². The van der Waals surface area contributed by atoms with Crippen molar-refractivity contribution in [2.75, 3.05) is 13.1 Å². The lowest BCUT2D eigenvalue weighted by molar-refractivity contribution is 0.0662. The van der Waals surface area contributed by atoms with Gasteiger partial charge in [-0.3, -0.25) is 14.3 Å². The molecule has 148 valence electrons. The number of carbonyl (C=O) groups is 1. The molecule has 1 spiro atoms. The molecule has 3 heterocycles. The summed E-state index contributed by atoms with van der Waals surface area (Å²) in [5.74, 6) is 1.39. The van der Waals surface area contributed by atoms with Crippen LogP contribution in [0.2, 0.25) is 0 Å². The Morgan fingerprint density at radius 2 is 2.04 bits per heavy atom. The van der Waals surface area contributed by atoms with Crippen LogP contribution in [0, 0.1) is 6.92 Å². The quantitative estimate of drug-likeness (QED) is 0.884. The Labute approximate surface area is 164 Å². The van der Waals surface area contributed by atoms with E-state index in [1.165, 1.54) is 0 Å². The number of likely N-dealkylation sites (tertiary alicyclic amines) is 1. The highest BCUT2D eigenvalue weighted by Crippen LogP contribution is 2.46. The van der Waals surface area contributed by atoms with E-state index >= 15 is 0 Å². The van der Waals surface area contributed by atoms with Crippen molar-refractivity contribution >= 4 is 5.91 Å². The number of H-pyrrole nitrogens is 1. The van der Waals surface area contributed by atoms with Gasteiger partial charge in [-0.1, -0.05) is 0 Å². The number of nitrogens with one attached hydrogen (secondary N) is 1. The molecular formula is C21H27N5O2. The minimum Gasteiger partial charge on any atom is -0.338 e. The number of aryl methyl sites for hydroxylation is 2. The lowest BCUT2D eigenvalue weighted by atomic mass is 9.76. The summed E-state index contributed by atoms with van der Waals surface area (Å²) >= 11 is 0. The van der Waals surface area contributed by atoms with E-state index in [4.69, 9.17) is 4.98 Å². The maximum atomic E-state index is 13.0. The third-order valence-corrected chi connectivity index (χ3v) is 6.86. The van der Waals surface area contributed by atoms with Gasteiger partial charge in [0.05, 0.1) is 17.0 Å². The summed E-state index contributed by atoms with van der Waals surface area (Å²) < 4.78 is 1.82. The highest BCUT2D eigenvalue weighted by atomic mass is 16.2. The lowest BCUT2D eigenvalue weighted by Crippen LogP contribution is -2.45. The Bertz CT molecular complexity index is 993. The highest BCUT2D eigenvalue weighted by Gasteiger charge is 2.45. The molecular weight excluding hydrogens is 354 g/mol. The van der Waals surface area contributed by atoms with Gasteiger partial charge in [0.15, 0.2) is 0 Å². The molecule has 2 fully saturated rings. The topological polar surface area (TPSA) is 83.9 Å². The van der Waals surface area contributed by atoms with Crippen LogP contribution in [0.15, 0.2) is 11.0 Å². The molecule has 0 atom stereocenters. The molecule has 0 bridgehead atoms. The van der Waals surface area contributed by atoms with Crippen molar-refractivity contribution < 1.29 is 4.79 Å². The standard InChI is InChI=1S/C21H27N5O2/c1-3-26-12-16(13(2)24-26)20(28)25-10-8-21(9-11-25)7-6-15-17(21)22-18(14-4-5-14)23-19(15)27/h12,14H,3-11H2,1-2H3,(H,22,23,27). The van der Waals surface area contributed by atoms with Gasteiger partial charge in [-0.05, 0) is 52.4 Å². The Morgan fingerprint density at radius 3 is 2.68 bits per heavy atom. The Morgan fingerprint density at radius 1 is 1.29 bits per heavy atom. The van der Waals surface area contributed by atoms with E-state index in [1.807, 2.05) is 29.6 Å². The van der Waals surface area contributed by atoms with Crippen molar-refractivity contribution in [3.05, 3.63) is 44.9 Å². The molecule has 2 aromatic heterocycles. The molecule has 7 heteroatoms. The van der Waals surface area contributed by atoms with E-state index in [2.05, 4.69) is 10.1 Å². The third-order valence-electron chi connectivity index (χ3n) is 6.86. The van der Waals surface area contributed by atoms with Gasteiger partial charge in [0, 0.05) is 42.7 Å².